The standard InChI is InChI=1S/C6H6Br/c7-6-4-2-1-3-5-6/h2-5H,1H2/q+1. The van der Waals surface area contributed by atoms with Crippen molar-refractivity contribution in [1.82, 2.24) is 0 Å². The van der Waals surface area contributed by atoms with Crippen LogP contribution in [-0.2, 0) is 0 Å². The van der Waals surface area contributed by atoms with Gasteiger partial charge >= 0.3 is 0 Å². The van der Waals surface area contributed by atoms with E-state index in [0.717, 1.165) is 6.42 Å². The third kappa shape index (κ3) is 1.39. The fourth-order valence-corrected chi connectivity index (χ4v) is 0.869. The van der Waals surface area contributed by atoms with Crippen LogP contribution < -0.4 is 0 Å². The Hall–Kier alpha value is -0.170. The molecule has 1 heteroatoms. The van der Waals surface area contributed by atoms with Crippen LogP contribution in [0.15, 0.2) is 22.7 Å². The zero-order chi connectivity index (χ0) is 5.11. The first-order chi connectivity index (χ1) is 3.39. The maximum absolute atomic E-state index is 3.33. The van der Waals surface area contributed by atoms with E-state index in [2.05, 4.69) is 40.6 Å². The van der Waals surface area contributed by atoms with Crippen molar-refractivity contribution >= 4 is 15.9 Å². The monoisotopic (exact) mass is 157 g/mol. The van der Waals surface area contributed by atoms with Crippen molar-refractivity contribution in [1.29, 1.82) is 0 Å². The highest BCUT2D eigenvalue weighted by atomic mass is 79.9. The second-order valence-electron chi connectivity index (χ2n) is 1.43. The summed E-state index contributed by atoms with van der Waals surface area (Å²) >= 11 is 3.33. The molecule has 0 aromatic carbocycles. The van der Waals surface area contributed by atoms with E-state index in [9.17, 15) is 0 Å². The molecule has 0 aromatic heterocycles. The lowest BCUT2D eigenvalue weighted by molar-refractivity contribution is 1.26. The molecule has 0 saturated heterocycles. The van der Waals surface area contributed by atoms with E-state index in [1.54, 1.807) is 0 Å². The molecule has 1 rings (SSSR count). The van der Waals surface area contributed by atoms with E-state index in [1.807, 2.05) is 0 Å². The van der Waals surface area contributed by atoms with Crippen LogP contribution in [0.25, 0.3) is 0 Å². The summed E-state index contributed by atoms with van der Waals surface area (Å²) in [6.07, 6.45) is 9.42. The van der Waals surface area contributed by atoms with Gasteiger partial charge in [-0.25, -0.2) is 0 Å². The number of halogens is 1. The zero-order valence-corrected chi connectivity index (χ0v) is 5.48. The summed E-state index contributed by atoms with van der Waals surface area (Å²) < 4.78 is 1.17. The Kier molecular flexibility index (Phi) is 1.58. The average Bonchev–Trinajstić information content (AvgIpc) is 1.69. The second-order valence-corrected chi connectivity index (χ2v) is 2.34. The van der Waals surface area contributed by atoms with Crippen LogP contribution in [0.1, 0.15) is 6.42 Å². The van der Waals surface area contributed by atoms with Gasteiger partial charge in [0.05, 0.1) is 22.4 Å². The molecule has 0 unspecified atom stereocenters. The Morgan fingerprint density at radius 2 is 2.57 bits per heavy atom. The quantitative estimate of drug-likeness (QED) is 0.475. The van der Waals surface area contributed by atoms with Gasteiger partial charge in [0.1, 0.15) is 10.6 Å². The van der Waals surface area contributed by atoms with Crippen molar-refractivity contribution in [2.75, 3.05) is 0 Å². The smallest absolute Gasteiger partial charge is 0.0399 e. The van der Waals surface area contributed by atoms with Crippen LogP contribution in [0.3, 0.4) is 0 Å². The first-order valence-electron chi connectivity index (χ1n) is 2.25. The normalized spacial score (nSPS) is 18.1. The molecule has 0 fully saturated rings. The van der Waals surface area contributed by atoms with Gasteiger partial charge in [-0.05, 0) is 6.08 Å². The molecule has 0 N–H and O–H groups in total. The van der Waals surface area contributed by atoms with Gasteiger partial charge in [0, 0.05) is 12.5 Å². The molecule has 1 aliphatic carbocycles. The highest BCUT2D eigenvalue weighted by Crippen LogP contribution is 2.13. The molecule has 0 aliphatic heterocycles. The van der Waals surface area contributed by atoms with Crippen molar-refractivity contribution in [3.63, 3.8) is 0 Å². The predicted molar refractivity (Wildman–Crippen MR) is 35.1 cm³/mol. The van der Waals surface area contributed by atoms with Gasteiger partial charge in [-0.3, -0.25) is 0 Å². The molecule has 0 radical (unpaired) electrons. The van der Waals surface area contributed by atoms with E-state index in [1.165, 1.54) is 4.48 Å². The zero-order valence-electron chi connectivity index (χ0n) is 3.89. The van der Waals surface area contributed by atoms with E-state index in [0.29, 0.717) is 0 Å². The van der Waals surface area contributed by atoms with E-state index < -0.39 is 0 Å². The van der Waals surface area contributed by atoms with Crippen molar-refractivity contribution < 1.29 is 0 Å². The van der Waals surface area contributed by atoms with E-state index in [-0.39, 0.29) is 0 Å². The summed E-state index contributed by atoms with van der Waals surface area (Å²) in [7, 11) is 0. The fraction of sp³-hybridized carbons (Fsp3) is 0.167. The molecular formula is C6H6Br+. The molecule has 7 heavy (non-hydrogen) atoms. The van der Waals surface area contributed by atoms with Gasteiger partial charge in [0.15, 0.2) is 0 Å². The average molecular weight is 158 g/mol. The van der Waals surface area contributed by atoms with Gasteiger partial charge in [-0.1, -0.05) is 0 Å². The van der Waals surface area contributed by atoms with Crippen LogP contribution >= 0.6 is 15.9 Å². The molecule has 0 spiro atoms. The lowest BCUT2D eigenvalue weighted by atomic mass is 10.2. The van der Waals surface area contributed by atoms with Crippen molar-refractivity contribution in [3.8, 4) is 0 Å². The van der Waals surface area contributed by atoms with Crippen LogP contribution in [0.4, 0.5) is 0 Å². The number of rotatable bonds is 0. The Morgan fingerprint density at radius 1 is 1.71 bits per heavy atom. The van der Waals surface area contributed by atoms with Crippen LogP contribution in [0, 0.1) is 6.42 Å². The lowest BCUT2D eigenvalue weighted by Gasteiger charge is -1.84. The van der Waals surface area contributed by atoms with E-state index in [4.69, 9.17) is 0 Å². The third-order valence-corrected chi connectivity index (χ3v) is 1.35. The topological polar surface area (TPSA) is 0 Å². The van der Waals surface area contributed by atoms with Crippen LogP contribution in [0.2, 0.25) is 0 Å². The first-order valence-corrected chi connectivity index (χ1v) is 3.04. The molecule has 0 bridgehead atoms. The minimum Gasteiger partial charge on any atom is -0.0399 e. The van der Waals surface area contributed by atoms with Gasteiger partial charge in [0.2, 0.25) is 0 Å². The summed E-state index contributed by atoms with van der Waals surface area (Å²) in [5, 5.41) is 0. The number of hydrogen-bond acceptors (Lipinski definition) is 0. The summed E-state index contributed by atoms with van der Waals surface area (Å²) in [4.78, 5) is 0. The minimum atomic E-state index is 1.08. The summed E-state index contributed by atoms with van der Waals surface area (Å²) in [5.74, 6) is 0. The Labute approximate surface area is 52.0 Å². The Balaban J connectivity index is 2.58. The molecule has 0 atom stereocenters. The highest BCUT2D eigenvalue weighted by molar-refractivity contribution is 9.11. The fourth-order valence-electron chi connectivity index (χ4n) is 0.495. The molecular weight excluding hydrogens is 152 g/mol. The van der Waals surface area contributed by atoms with Gasteiger partial charge < -0.3 is 0 Å². The Morgan fingerprint density at radius 3 is 2.86 bits per heavy atom. The van der Waals surface area contributed by atoms with Gasteiger partial charge in [0.25, 0.3) is 0 Å². The third-order valence-electron chi connectivity index (χ3n) is 0.826. The van der Waals surface area contributed by atoms with E-state index >= 15 is 0 Å². The van der Waals surface area contributed by atoms with Crippen molar-refractivity contribution in [2.45, 2.75) is 6.42 Å². The largest absolute Gasteiger partial charge is 0.148 e. The first kappa shape index (κ1) is 4.98. The van der Waals surface area contributed by atoms with Crippen molar-refractivity contribution in [2.24, 2.45) is 0 Å². The van der Waals surface area contributed by atoms with Gasteiger partial charge in [-0.2, -0.15) is 0 Å². The predicted octanol–water partition coefficient (Wildman–Crippen LogP) is 2.43. The number of hydrogen-bond donors (Lipinski definition) is 0. The second kappa shape index (κ2) is 2.22. The molecule has 0 heterocycles. The summed E-state index contributed by atoms with van der Waals surface area (Å²) in [6.45, 7) is 0. The minimum absolute atomic E-state index is 1.08. The van der Waals surface area contributed by atoms with Crippen LogP contribution in [0.5, 0.6) is 0 Å². The maximum atomic E-state index is 3.33. The number of allylic oxidation sites excluding steroid dienone is 4. The molecule has 1 aliphatic rings. The summed E-state index contributed by atoms with van der Waals surface area (Å²) in [5.41, 5.74) is 0. The molecule has 36 valence electrons. The molecule has 0 nitrogen and oxygen atoms in total. The molecule has 0 saturated carbocycles. The maximum Gasteiger partial charge on any atom is 0.148 e. The molecule has 0 aromatic rings. The molecule has 0 amide bonds. The van der Waals surface area contributed by atoms with Gasteiger partial charge in [-0.15, -0.1) is 0 Å². The summed E-state index contributed by atoms with van der Waals surface area (Å²) in [6, 6.07) is 0. The van der Waals surface area contributed by atoms with Crippen molar-refractivity contribution in [3.05, 3.63) is 29.1 Å². The SMILES string of the molecule is BrC1=C[CH+]CC=C1. The Bertz CT molecular complexity index is 111. The highest BCUT2D eigenvalue weighted by Gasteiger charge is 1.98. The van der Waals surface area contributed by atoms with Crippen LogP contribution in [-0.4, -0.2) is 0 Å². The lowest BCUT2D eigenvalue weighted by Crippen LogP contribution is -1.74.